The van der Waals surface area contributed by atoms with Gasteiger partial charge in [-0.1, -0.05) is 0 Å². The average Bonchev–Trinajstić information content (AvgIpc) is 2.81. The van der Waals surface area contributed by atoms with Crippen LogP contribution in [0.25, 0.3) is 0 Å². The summed E-state index contributed by atoms with van der Waals surface area (Å²) in [5, 5.41) is 0. The van der Waals surface area contributed by atoms with Gasteiger partial charge in [-0.15, -0.1) is 0 Å². The van der Waals surface area contributed by atoms with Gasteiger partial charge in [0.1, 0.15) is 5.82 Å². The van der Waals surface area contributed by atoms with Crippen LogP contribution in [0.5, 0.6) is 0 Å². The summed E-state index contributed by atoms with van der Waals surface area (Å²) >= 11 is 0. The van der Waals surface area contributed by atoms with E-state index in [0.717, 1.165) is 30.9 Å². The molecule has 94 valence electrons. The first-order valence-corrected chi connectivity index (χ1v) is 6.01. The number of hydrogen-bond donors (Lipinski definition) is 1. The zero-order chi connectivity index (χ0) is 12.3. The first-order valence-electron chi connectivity index (χ1n) is 6.01. The van der Waals surface area contributed by atoms with Crippen molar-refractivity contribution in [3.63, 3.8) is 0 Å². The van der Waals surface area contributed by atoms with Crippen molar-refractivity contribution in [2.45, 2.75) is 18.9 Å². The summed E-state index contributed by atoms with van der Waals surface area (Å²) in [6, 6.07) is 5.48. The highest BCUT2D eigenvalue weighted by Gasteiger charge is 2.21. The maximum Gasteiger partial charge on any atom is 0.125 e. The molecule has 0 bridgehead atoms. The molecule has 0 amide bonds. The lowest BCUT2D eigenvalue weighted by molar-refractivity contribution is 0.193. The Morgan fingerprint density at radius 2 is 2.29 bits per heavy atom. The van der Waals surface area contributed by atoms with Gasteiger partial charge in [0.2, 0.25) is 0 Å². The highest BCUT2D eigenvalue weighted by atomic mass is 19.1. The average molecular weight is 238 g/mol. The normalized spacial score (nSPS) is 19.6. The van der Waals surface area contributed by atoms with E-state index in [2.05, 4.69) is 4.90 Å². The summed E-state index contributed by atoms with van der Waals surface area (Å²) in [5.74, 6) is -0.197. The van der Waals surface area contributed by atoms with E-state index in [1.807, 2.05) is 13.1 Å². The summed E-state index contributed by atoms with van der Waals surface area (Å²) in [7, 11) is 1.99. The highest BCUT2D eigenvalue weighted by Crippen LogP contribution is 2.22. The van der Waals surface area contributed by atoms with E-state index in [1.54, 1.807) is 12.1 Å². The molecule has 1 atom stereocenters. The Hall–Kier alpha value is -1.13. The largest absolute Gasteiger partial charge is 0.379 e. The van der Waals surface area contributed by atoms with Crippen LogP contribution in [0.2, 0.25) is 0 Å². The number of nitrogens with zero attached hydrogens (tertiary/aromatic N) is 1. The third kappa shape index (κ3) is 2.96. The van der Waals surface area contributed by atoms with E-state index in [4.69, 9.17) is 10.5 Å². The van der Waals surface area contributed by atoms with E-state index >= 15 is 0 Å². The fraction of sp³-hybridized carbons (Fsp3) is 0.538. The molecule has 0 spiro atoms. The molecular weight excluding hydrogens is 219 g/mol. The fourth-order valence-corrected chi connectivity index (χ4v) is 2.19. The Kier molecular flexibility index (Phi) is 3.97. The molecule has 1 aromatic rings. The van der Waals surface area contributed by atoms with E-state index < -0.39 is 0 Å². The number of anilines is 1. The number of ether oxygens (including phenoxy) is 1. The SMILES string of the molecule is CN(c1cc(F)cc(CCN)c1)C1CCOC1. The molecule has 1 aromatic carbocycles. The number of rotatable bonds is 4. The summed E-state index contributed by atoms with van der Waals surface area (Å²) in [6.07, 6.45) is 1.71. The quantitative estimate of drug-likeness (QED) is 0.865. The molecule has 4 heteroatoms. The minimum absolute atomic E-state index is 0.197. The lowest BCUT2D eigenvalue weighted by Crippen LogP contribution is -2.31. The lowest BCUT2D eigenvalue weighted by atomic mass is 10.1. The van der Waals surface area contributed by atoms with E-state index in [1.165, 1.54) is 0 Å². The van der Waals surface area contributed by atoms with Crippen molar-refractivity contribution in [1.82, 2.24) is 0 Å². The molecule has 0 saturated carbocycles. The van der Waals surface area contributed by atoms with Crippen LogP contribution in [0.15, 0.2) is 18.2 Å². The van der Waals surface area contributed by atoms with E-state index in [9.17, 15) is 4.39 Å². The summed E-state index contributed by atoms with van der Waals surface area (Å²) in [5.41, 5.74) is 7.36. The van der Waals surface area contributed by atoms with Gasteiger partial charge in [-0.2, -0.15) is 0 Å². The van der Waals surface area contributed by atoms with Gasteiger partial charge in [-0.05, 0) is 43.1 Å². The third-order valence-corrected chi connectivity index (χ3v) is 3.24. The van der Waals surface area contributed by atoms with Gasteiger partial charge in [0.15, 0.2) is 0 Å². The van der Waals surface area contributed by atoms with Gasteiger partial charge in [-0.3, -0.25) is 0 Å². The summed E-state index contributed by atoms with van der Waals surface area (Å²) in [4.78, 5) is 2.09. The molecule has 1 unspecified atom stereocenters. The molecule has 3 nitrogen and oxygen atoms in total. The number of likely N-dealkylation sites (N-methyl/N-ethyl adjacent to an activating group) is 1. The van der Waals surface area contributed by atoms with Gasteiger partial charge in [0, 0.05) is 19.3 Å². The van der Waals surface area contributed by atoms with Crippen LogP contribution in [0.1, 0.15) is 12.0 Å². The molecule has 1 fully saturated rings. The van der Waals surface area contributed by atoms with Crippen LogP contribution in [0.3, 0.4) is 0 Å². The van der Waals surface area contributed by atoms with Gasteiger partial charge in [-0.25, -0.2) is 4.39 Å². The summed E-state index contributed by atoms with van der Waals surface area (Å²) < 4.78 is 18.9. The minimum Gasteiger partial charge on any atom is -0.379 e. The number of nitrogens with two attached hydrogens (primary N) is 1. The molecule has 2 rings (SSSR count). The Morgan fingerprint density at radius 1 is 1.47 bits per heavy atom. The van der Waals surface area contributed by atoms with Crippen molar-refractivity contribution in [3.05, 3.63) is 29.6 Å². The second-order valence-corrected chi connectivity index (χ2v) is 4.48. The second-order valence-electron chi connectivity index (χ2n) is 4.48. The molecule has 0 aromatic heterocycles. The highest BCUT2D eigenvalue weighted by molar-refractivity contribution is 5.49. The number of hydrogen-bond acceptors (Lipinski definition) is 3. The predicted molar refractivity (Wildman–Crippen MR) is 66.8 cm³/mol. The Labute approximate surface area is 101 Å². The molecule has 0 aliphatic carbocycles. The number of benzene rings is 1. The number of halogens is 1. The van der Waals surface area contributed by atoms with Crippen LogP contribution in [0.4, 0.5) is 10.1 Å². The molecule has 1 heterocycles. The van der Waals surface area contributed by atoms with Crippen molar-refractivity contribution < 1.29 is 9.13 Å². The lowest BCUT2D eigenvalue weighted by Gasteiger charge is -2.26. The zero-order valence-corrected chi connectivity index (χ0v) is 10.2. The molecule has 1 aliphatic rings. The first kappa shape index (κ1) is 12.3. The first-order chi connectivity index (χ1) is 8.20. The van der Waals surface area contributed by atoms with Crippen LogP contribution in [0, 0.1) is 5.82 Å². The maximum atomic E-state index is 13.5. The van der Waals surface area contributed by atoms with Crippen LogP contribution < -0.4 is 10.6 Å². The zero-order valence-electron chi connectivity index (χ0n) is 10.2. The fourth-order valence-electron chi connectivity index (χ4n) is 2.19. The Morgan fingerprint density at radius 3 is 2.94 bits per heavy atom. The molecule has 17 heavy (non-hydrogen) atoms. The Bertz CT molecular complexity index is 378. The molecule has 2 N–H and O–H groups in total. The van der Waals surface area contributed by atoms with Gasteiger partial charge >= 0.3 is 0 Å². The second kappa shape index (κ2) is 5.47. The smallest absolute Gasteiger partial charge is 0.125 e. The van der Waals surface area contributed by atoms with Crippen LogP contribution in [-0.4, -0.2) is 32.8 Å². The topological polar surface area (TPSA) is 38.5 Å². The van der Waals surface area contributed by atoms with Crippen molar-refractivity contribution in [2.75, 3.05) is 31.7 Å². The summed E-state index contributed by atoms with van der Waals surface area (Å²) in [6.45, 7) is 2.05. The maximum absolute atomic E-state index is 13.5. The van der Waals surface area contributed by atoms with Crippen LogP contribution in [-0.2, 0) is 11.2 Å². The van der Waals surface area contributed by atoms with E-state index in [0.29, 0.717) is 19.0 Å². The monoisotopic (exact) mass is 238 g/mol. The molecule has 1 aliphatic heterocycles. The van der Waals surface area contributed by atoms with E-state index in [-0.39, 0.29) is 5.82 Å². The van der Waals surface area contributed by atoms with Crippen molar-refractivity contribution >= 4 is 5.69 Å². The third-order valence-electron chi connectivity index (χ3n) is 3.24. The Balaban J connectivity index is 2.18. The standard InChI is InChI=1S/C13H19FN2O/c1-16(12-3-5-17-9-12)13-7-10(2-4-15)6-11(14)8-13/h6-8,12H,2-5,9,15H2,1H3. The molecule has 0 radical (unpaired) electrons. The van der Waals surface area contributed by atoms with Crippen molar-refractivity contribution in [3.8, 4) is 0 Å². The van der Waals surface area contributed by atoms with Crippen molar-refractivity contribution in [2.24, 2.45) is 5.73 Å². The molecule has 1 saturated heterocycles. The van der Waals surface area contributed by atoms with Crippen LogP contribution >= 0.6 is 0 Å². The van der Waals surface area contributed by atoms with Gasteiger partial charge in [0.05, 0.1) is 12.6 Å². The van der Waals surface area contributed by atoms with Gasteiger partial charge < -0.3 is 15.4 Å². The van der Waals surface area contributed by atoms with Gasteiger partial charge in [0.25, 0.3) is 0 Å². The van der Waals surface area contributed by atoms with Crippen molar-refractivity contribution in [1.29, 1.82) is 0 Å². The minimum atomic E-state index is -0.197. The predicted octanol–water partition coefficient (Wildman–Crippen LogP) is 1.55. The molecular formula is C13H19FN2O.